The van der Waals surface area contributed by atoms with Crippen molar-refractivity contribution in [1.82, 2.24) is 0 Å². The normalized spacial score (nSPS) is 11.2. The zero-order valence-corrected chi connectivity index (χ0v) is 14.1. The summed E-state index contributed by atoms with van der Waals surface area (Å²) in [5, 5.41) is 3.10. The molecule has 0 radical (unpaired) electrons. The van der Waals surface area contributed by atoms with E-state index in [0.717, 1.165) is 6.26 Å². The number of rotatable bonds is 3. The second-order valence-corrected chi connectivity index (χ2v) is 7.62. The molecule has 0 aliphatic rings. The van der Waals surface area contributed by atoms with Crippen LogP contribution in [0.1, 0.15) is 10.4 Å². The van der Waals surface area contributed by atoms with Crippen molar-refractivity contribution in [3.8, 4) is 0 Å². The molecule has 110 valence electrons. The lowest BCUT2D eigenvalue weighted by molar-refractivity contribution is 0.102. The Labute approximate surface area is 136 Å². The Morgan fingerprint density at radius 3 is 2.48 bits per heavy atom. The first kappa shape index (κ1) is 16.0. The van der Waals surface area contributed by atoms with Crippen LogP contribution in [0.25, 0.3) is 0 Å². The largest absolute Gasteiger partial charge is 0.321 e. The van der Waals surface area contributed by atoms with Crippen LogP contribution in [0, 0.1) is 0 Å². The number of carbonyl (C=O) groups excluding carboxylic acids is 1. The summed E-state index contributed by atoms with van der Waals surface area (Å²) in [4.78, 5) is 12.3. The maximum Gasteiger partial charge on any atom is 0.256 e. The van der Waals surface area contributed by atoms with Gasteiger partial charge in [0, 0.05) is 15.8 Å². The van der Waals surface area contributed by atoms with E-state index in [1.165, 1.54) is 12.1 Å². The molecule has 4 nitrogen and oxygen atoms in total. The lowest BCUT2D eigenvalue weighted by Gasteiger charge is -2.10. The van der Waals surface area contributed by atoms with Crippen LogP contribution >= 0.6 is 27.5 Å². The van der Waals surface area contributed by atoms with E-state index in [1.54, 1.807) is 30.3 Å². The summed E-state index contributed by atoms with van der Waals surface area (Å²) in [6.07, 6.45) is 1.09. The first-order valence-electron chi connectivity index (χ1n) is 5.84. The van der Waals surface area contributed by atoms with Crippen molar-refractivity contribution in [2.45, 2.75) is 4.90 Å². The second kappa shape index (κ2) is 6.17. The van der Waals surface area contributed by atoms with Crippen molar-refractivity contribution < 1.29 is 13.2 Å². The van der Waals surface area contributed by atoms with Gasteiger partial charge in [0.05, 0.1) is 16.1 Å². The minimum absolute atomic E-state index is 0.0726. The summed E-state index contributed by atoms with van der Waals surface area (Å²) in [5.74, 6) is -0.422. The van der Waals surface area contributed by atoms with Crippen LogP contribution in [-0.4, -0.2) is 20.6 Å². The molecule has 0 spiro atoms. The van der Waals surface area contributed by atoms with E-state index in [9.17, 15) is 13.2 Å². The number of carbonyl (C=O) groups is 1. The smallest absolute Gasteiger partial charge is 0.256 e. The number of nitrogens with one attached hydrogen (secondary N) is 1. The highest BCUT2D eigenvalue weighted by molar-refractivity contribution is 9.10. The Morgan fingerprint density at radius 2 is 1.86 bits per heavy atom. The Morgan fingerprint density at radius 1 is 1.19 bits per heavy atom. The fraction of sp³-hybridized carbons (Fsp3) is 0.0714. The maximum atomic E-state index is 12.2. The molecule has 1 amide bonds. The third-order valence-corrected chi connectivity index (χ3v) is 4.76. The van der Waals surface area contributed by atoms with Gasteiger partial charge in [0.25, 0.3) is 5.91 Å². The quantitative estimate of drug-likeness (QED) is 0.871. The van der Waals surface area contributed by atoms with E-state index in [1.807, 2.05) is 0 Å². The molecule has 0 atom stereocenters. The predicted octanol–water partition coefficient (Wildman–Crippen LogP) is 3.76. The van der Waals surface area contributed by atoms with Crippen LogP contribution in [-0.2, 0) is 9.84 Å². The van der Waals surface area contributed by atoms with Crippen LogP contribution in [0.4, 0.5) is 5.69 Å². The first-order valence-corrected chi connectivity index (χ1v) is 8.91. The number of amides is 1. The molecule has 0 fully saturated rings. The lowest BCUT2D eigenvalue weighted by atomic mass is 10.2. The lowest BCUT2D eigenvalue weighted by Crippen LogP contribution is -2.15. The zero-order valence-electron chi connectivity index (χ0n) is 10.9. The Hall–Kier alpha value is -1.37. The van der Waals surface area contributed by atoms with Crippen molar-refractivity contribution in [2.75, 3.05) is 11.6 Å². The molecule has 0 unspecified atom stereocenters. The third kappa shape index (κ3) is 3.84. The number of para-hydroxylation sites is 1. The zero-order chi connectivity index (χ0) is 15.6. The van der Waals surface area contributed by atoms with Crippen LogP contribution in [0.15, 0.2) is 51.8 Å². The Bertz CT molecular complexity index is 806. The summed E-state index contributed by atoms with van der Waals surface area (Å²) >= 11 is 9.08. The minimum atomic E-state index is -3.43. The molecule has 2 aromatic rings. The highest BCUT2D eigenvalue weighted by Gasteiger charge is 2.16. The molecule has 0 aliphatic carbocycles. The molecule has 0 heterocycles. The third-order valence-electron chi connectivity index (χ3n) is 2.71. The monoisotopic (exact) mass is 387 g/mol. The summed E-state index contributed by atoms with van der Waals surface area (Å²) in [7, 11) is -3.43. The number of benzene rings is 2. The number of anilines is 1. The van der Waals surface area contributed by atoms with E-state index in [2.05, 4.69) is 21.2 Å². The maximum absolute atomic E-state index is 12.2. The average molecular weight is 389 g/mol. The van der Waals surface area contributed by atoms with Gasteiger partial charge in [-0.2, -0.15) is 0 Å². The molecule has 0 aromatic heterocycles. The van der Waals surface area contributed by atoms with Gasteiger partial charge in [-0.15, -0.1) is 0 Å². The Balaban J connectivity index is 2.37. The molecule has 21 heavy (non-hydrogen) atoms. The fourth-order valence-corrected chi connectivity index (χ4v) is 3.46. The van der Waals surface area contributed by atoms with Gasteiger partial charge in [0.15, 0.2) is 9.84 Å². The summed E-state index contributed by atoms with van der Waals surface area (Å²) in [6.45, 7) is 0. The predicted molar refractivity (Wildman–Crippen MR) is 86.7 cm³/mol. The van der Waals surface area contributed by atoms with E-state index >= 15 is 0 Å². The van der Waals surface area contributed by atoms with Gasteiger partial charge in [-0.3, -0.25) is 4.79 Å². The fourth-order valence-electron chi connectivity index (χ4n) is 1.76. The van der Waals surface area contributed by atoms with Gasteiger partial charge in [0.1, 0.15) is 0 Å². The van der Waals surface area contributed by atoms with Crippen molar-refractivity contribution in [3.05, 3.63) is 57.5 Å². The van der Waals surface area contributed by atoms with Crippen LogP contribution in [0.2, 0.25) is 5.02 Å². The molecule has 1 N–H and O–H groups in total. The molecule has 0 saturated heterocycles. The molecule has 0 aliphatic heterocycles. The molecular weight excluding hydrogens is 378 g/mol. The first-order chi connectivity index (χ1) is 9.79. The van der Waals surface area contributed by atoms with Gasteiger partial charge >= 0.3 is 0 Å². The SMILES string of the molecule is CS(=O)(=O)c1ccccc1NC(=O)c1ccc(Cl)cc1Br. The molecule has 2 aromatic carbocycles. The summed E-state index contributed by atoms with van der Waals surface area (Å²) < 4.78 is 23.9. The topological polar surface area (TPSA) is 63.2 Å². The van der Waals surface area contributed by atoms with Crippen LogP contribution < -0.4 is 5.32 Å². The van der Waals surface area contributed by atoms with E-state index in [0.29, 0.717) is 15.1 Å². The van der Waals surface area contributed by atoms with Crippen molar-refractivity contribution in [2.24, 2.45) is 0 Å². The van der Waals surface area contributed by atoms with Crippen LogP contribution in [0.5, 0.6) is 0 Å². The van der Waals surface area contributed by atoms with Gasteiger partial charge in [-0.1, -0.05) is 23.7 Å². The number of sulfone groups is 1. The average Bonchev–Trinajstić information content (AvgIpc) is 2.37. The van der Waals surface area contributed by atoms with Gasteiger partial charge in [-0.05, 0) is 46.3 Å². The van der Waals surface area contributed by atoms with Crippen molar-refractivity contribution in [3.63, 3.8) is 0 Å². The standard InChI is InChI=1S/C14H11BrClNO3S/c1-21(19,20)13-5-3-2-4-12(13)17-14(18)10-7-6-9(16)8-11(10)15/h2-8H,1H3,(H,17,18). The number of hydrogen-bond donors (Lipinski definition) is 1. The van der Waals surface area contributed by atoms with Crippen molar-refractivity contribution in [1.29, 1.82) is 0 Å². The number of hydrogen-bond acceptors (Lipinski definition) is 3. The Kier molecular flexibility index (Phi) is 4.70. The summed E-state index contributed by atoms with van der Waals surface area (Å²) in [6, 6.07) is 11.0. The highest BCUT2D eigenvalue weighted by Crippen LogP contribution is 2.25. The molecular formula is C14H11BrClNO3S. The molecule has 7 heteroatoms. The van der Waals surface area contributed by atoms with E-state index in [4.69, 9.17) is 11.6 Å². The van der Waals surface area contributed by atoms with Gasteiger partial charge in [-0.25, -0.2) is 8.42 Å². The van der Waals surface area contributed by atoms with Crippen LogP contribution in [0.3, 0.4) is 0 Å². The van der Waals surface area contributed by atoms with E-state index in [-0.39, 0.29) is 10.6 Å². The molecule has 0 bridgehead atoms. The summed E-state index contributed by atoms with van der Waals surface area (Å²) in [5.41, 5.74) is 0.606. The van der Waals surface area contributed by atoms with E-state index < -0.39 is 15.7 Å². The molecule has 2 rings (SSSR count). The molecule has 0 saturated carbocycles. The number of halogens is 2. The second-order valence-electron chi connectivity index (χ2n) is 4.35. The van der Waals surface area contributed by atoms with Gasteiger partial charge in [0.2, 0.25) is 0 Å². The van der Waals surface area contributed by atoms with Gasteiger partial charge < -0.3 is 5.32 Å². The minimum Gasteiger partial charge on any atom is -0.321 e. The highest BCUT2D eigenvalue weighted by atomic mass is 79.9. The van der Waals surface area contributed by atoms with Crippen molar-refractivity contribution >= 4 is 49.0 Å².